The van der Waals surface area contributed by atoms with Crippen molar-refractivity contribution in [3.8, 4) is 0 Å². The molecule has 1 aliphatic heterocycles. The van der Waals surface area contributed by atoms with E-state index >= 15 is 0 Å². The third-order valence-electron chi connectivity index (χ3n) is 4.76. The summed E-state index contributed by atoms with van der Waals surface area (Å²) in [6.07, 6.45) is 2.52. The highest BCUT2D eigenvalue weighted by molar-refractivity contribution is 5.92. The van der Waals surface area contributed by atoms with Crippen molar-refractivity contribution < 1.29 is 19.5 Å². The van der Waals surface area contributed by atoms with Crippen LogP contribution in [0, 0.1) is 10.8 Å². The molecule has 1 saturated heterocycles. The lowest BCUT2D eigenvalue weighted by Gasteiger charge is -2.28. The fraction of sp³-hybridized carbons (Fsp3) is 0.706. The quantitative estimate of drug-likeness (QED) is 0.0900. The maximum absolute atomic E-state index is 12.7. The predicted molar refractivity (Wildman–Crippen MR) is 111 cm³/mol. The van der Waals surface area contributed by atoms with E-state index in [0.717, 1.165) is 0 Å². The highest BCUT2D eigenvalue weighted by atomic mass is 16.4. The van der Waals surface area contributed by atoms with Crippen molar-refractivity contribution in [1.82, 2.24) is 20.9 Å². The van der Waals surface area contributed by atoms with E-state index in [0.29, 0.717) is 51.7 Å². The average molecular weight is 428 g/mol. The van der Waals surface area contributed by atoms with Gasteiger partial charge in [0.25, 0.3) is 0 Å². The molecule has 3 atom stereocenters. The van der Waals surface area contributed by atoms with Crippen LogP contribution in [0.1, 0.15) is 38.5 Å². The van der Waals surface area contributed by atoms with Gasteiger partial charge in [0.05, 0.1) is 6.04 Å². The van der Waals surface area contributed by atoms with E-state index in [-0.39, 0.29) is 24.2 Å². The Labute approximate surface area is 175 Å². The molecule has 170 valence electrons. The zero-order valence-corrected chi connectivity index (χ0v) is 16.9. The molecule has 30 heavy (non-hydrogen) atoms. The zero-order valence-electron chi connectivity index (χ0n) is 16.9. The number of carbonyl (C=O) groups is 3. The van der Waals surface area contributed by atoms with Gasteiger partial charge in [0.15, 0.2) is 11.9 Å². The van der Waals surface area contributed by atoms with Crippen LogP contribution in [0.3, 0.4) is 0 Å². The highest BCUT2D eigenvalue weighted by Crippen LogP contribution is 2.19. The maximum atomic E-state index is 12.7. The third-order valence-corrected chi connectivity index (χ3v) is 4.76. The summed E-state index contributed by atoms with van der Waals surface area (Å²) in [6, 6.07) is -2.65. The Balaban J connectivity index is 2.57. The van der Waals surface area contributed by atoms with Crippen LogP contribution in [0.4, 0.5) is 0 Å². The summed E-state index contributed by atoms with van der Waals surface area (Å²) in [4.78, 5) is 38.2. The molecule has 0 bridgehead atoms. The number of rotatable bonds is 12. The second-order valence-electron chi connectivity index (χ2n) is 7.16. The van der Waals surface area contributed by atoms with Gasteiger partial charge in [0.2, 0.25) is 11.8 Å². The van der Waals surface area contributed by atoms with Gasteiger partial charge >= 0.3 is 5.97 Å². The van der Waals surface area contributed by atoms with Crippen LogP contribution in [-0.2, 0) is 14.4 Å². The van der Waals surface area contributed by atoms with Gasteiger partial charge in [-0.1, -0.05) is 0 Å². The minimum atomic E-state index is -1.17. The molecule has 0 spiro atoms. The van der Waals surface area contributed by atoms with Gasteiger partial charge < -0.3 is 43.2 Å². The van der Waals surface area contributed by atoms with Crippen LogP contribution in [-0.4, -0.2) is 77.5 Å². The Hall–Kier alpha value is -3.09. The second-order valence-corrected chi connectivity index (χ2v) is 7.16. The van der Waals surface area contributed by atoms with Crippen LogP contribution in [0.25, 0.3) is 0 Å². The molecule has 2 amide bonds. The standard InChI is InChI=1S/C17H33N9O4/c18-10(4-1-7-23-16(19)20)14(28)26-9-3-6-12(26)13(27)25-11(15(29)30)5-2-8-24-17(21)22/h10-12H,1-9,18H2,(H,25,27)(H,29,30)(H4,19,20,23)(H4,21,22,24)/t10-,11-,12-/m0/s1. The summed E-state index contributed by atoms with van der Waals surface area (Å²) < 4.78 is 0. The van der Waals surface area contributed by atoms with Crippen LogP contribution < -0.4 is 33.2 Å². The van der Waals surface area contributed by atoms with E-state index in [2.05, 4.69) is 16.0 Å². The van der Waals surface area contributed by atoms with E-state index in [1.54, 1.807) is 0 Å². The Morgan fingerprint density at radius 1 is 1.07 bits per heavy atom. The first-order valence-corrected chi connectivity index (χ1v) is 9.88. The molecule has 1 heterocycles. The van der Waals surface area contributed by atoms with Crippen molar-refractivity contribution in [2.24, 2.45) is 17.2 Å². The lowest BCUT2D eigenvalue weighted by atomic mass is 10.1. The van der Waals surface area contributed by atoms with Crippen LogP contribution in [0.5, 0.6) is 0 Å². The number of carbonyl (C=O) groups excluding carboxylic acids is 2. The fourth-order valence-electron chi connectivity index (χ4n) is 3.24. The van der Waals surface area contributed by atoms with Gasteiger partial charge in [0.1, 0.15) is 12.1 Å². The van der Waals surface area contributed by atoms with Crippen molar-refractivity contribution >= 4 is 29.7 Å². The van der Waals surface area contributed by atoms with Crippen molar-refractivity contribution in [1.29, 1.82) is 10.8 Å². The Bertz CT molecular complexity index is 643. The van der Waals surface area contributed by atoms with Gasteiger partial charge in [-0.05, 0) is 38.5 Å². The number of hydrogen-bond donors (Lipinski definition) is 9. The molecule has 0 saturated carbocycles. The molecular weight excluding hydrogens is 394 g/mol. The van der Waals surface area contributed by atoms with Gasteiger partial charge in [-0.3, -0.25) is 20.4 Å². The van der Waals surface area contributed by atoms with Crippen LogP contribution >= 0.6 is 0 Å². The Kier molecular flexibility index (Phi) is 10.4. The summed E-state index contributed by atoms with van der Waals surface area (Å²) in [5.74, 6) is -2.40. The molecular formula is C17H33N9O4. The molecule has 1 rings (SSSR count). The number of likely N-dealkylation sites (tertiary alicyclic amines) is 1. The highest BCUT2D eigenvalue weighted by Gasteiger charge is 2.37. The predicted octanol–water partition coefficient (Wildman–Crippen LogP) is -2.60. The summed E-state index contributed by atoms with van der Waals surface area (Å²) in [7, 11) is 0. The first-order valence-electron chi connectivity index (χ1n) is 9.88. The number of carboxylic acid groups (broad SMARTS) is 1. The van der Waals surface area contributed by atoms with E-state index in [9.17, 15) is 19.5 Å². The van der Waals surface area contributed by atoms with Gasteiger partial charge in [-0.25, -0.2) is 4.79 Å². The van der Waals surface area contributed by atoms with Crippen molar-refractivity contribution in [3.05, 3.63) is 0 Å². The van der Waals surface area contributed by atoms with Crippen molar-refractivity contribution in [3.63, 3.8) is 0 Å². The molecule has 1 fully saturated rings. The normalized spacial score (nSPS) is 17.6. The maximum Gasteiger partial charge on any atom is 0.326 e. The Morgan fingerprint density at radius 2 is 1.63 bits per heavy atom. The zero-order chi connectivity index (χ0) is 22.7. The molecule has 0 radical (unpaired) electrons. The first kappa shape index (κ1) is 24.9. The molecule has 1 aliphatic rings. The van der Waals surface area contributed by atoms with E-state index in [4.69, 9.17) is 28.0 Å². The van der Waals surface area contributed by atoms with Crippen LogP contribution in [0.15, 0.2) is 0 Å². The SMILES string of the molecule is N=C(N)NCCC[C@H](NC(=O)[C@@H]1CCCN1C(=O)[C@@H](N)CCCNC(=N)N)C(=O)O. The van der Waals surface area contributed by atoms with E-state index < -0.39 is 30.0 Å². The number of amides is 2. The molecule has 13 heteroatoms. The van der Waals surface area contributed by atoms with Crippen LogP contribution in [0.2, 0.25) is 0 Å². The molecule has 13 nitrogen and oxygen atoms in total. The average Bonchev–Trinajstić information content (AvgIpc) is 3.16. The van der Waals surface area contributed by atoms with Gasteiger partial charge in [-0.2, -0.15) is 0 Å². The lowest BCUT2D eigenvalue weighted by Crippen LogP contribution is -2.54. The van der Waals surface area contributed by atoms with E-state index in [1.807, 2.05) is 0 Å². The summed E-state index contributed by atoms with van der Waals surface area (Å²) >= 11 is 0. The molecule has 0 aromatic carbocycles. The van der Waals surface area contributed by atoms with Gasteiger partial charge in [-0.15, -0.1) is 0 Å². The number of hydrogen-bond acceptors (Lipinski definition) is 6. The number of nitrogens with two attached hydrogens (primary N) is 3. The number of nitrogens with zero attached hydrogens (tertiary/aromatic N) is 1. The molecule has 0 aromatic rings. The lowest BCUT2D eigenvalue weighted by molar-refractivity contribution is -0.144. The molecule has 0 aliphatic carbocycles. The minimum absolute atomic E-state index is 0.156. The second kappa shape index (κ2) is 12.5. The number of nitrogens with one attached hydrogen (secondary N) is 5. The first-order chi connectivity index (χ1) is 14.1. The number of carboxylic acids is 1. The minimum Gasteiger partial charge on any atom is -0.480 e. The molecule has 12 N–H and O–H groups in total. The topological polar surface area (TPSA) is 237 Å². The smallest absolute Gasteiger partial charge is 0.326 e. The van der Waals surface area contributed by atoms with Crippen molar-refractivity contribution in [2.45, 2.75) is 56.7 Å². The number of guanidine groups is 2. The fourth-order valence-corrected chi connectivity index (χ4v) is 3.24. The number of aliphatic carboxylic acids is 1. The summed E-state index contributed by atoms with van der Waals surface area (Å²) in [6.45, 7) is 1.12. The third kappa shape index (κ3) is 8.51. The van der Waals surface area contributed by atoms with Gasteiger partial charge in [0, 0.05) is 19.6 Å². The monoisotopic (exact) mass is 427 g/mol. The van der Waals surface area contributed by atoms with E-state index in [1.165, 1.54) is 4.90 Å². The molecule has 0 aromatic heterocycles. The van der Waals surface area contributed by atoms with Crippen molar-refractivity contribution in [2.75, 3.05) is 19.6 Å². The Morgan fingerprint density at radius 3 is 2.17 bits per heavy atom. The largest absolute Gasteiger partial charge is 0.480 e. The molecule has 0 unspecified atom stereocenters. The summed E-state index contributed by atoms with van der Waals surface area (Å²) in [5.41, 5.74) is 16.3. The summed E-state index contributed by atoms with van der Waals surface area (Å²) in [5, 5.41) is 31.2.